The summed E-state index contributed by atoms with van der Waals surface area (Å²) in [6, 6.07) is 25.2. The van der Waals surface area contributed by atoms with Crippen molar-refractivity contribution in [1.82, 2.24) is 55.0 Å². The predicted octanol–water partition coefficient (Wildman–Crippen LogP) is 7.30. The van der Waals surface area contributed by atoms with Gasteiger partial charge in [0.1, 0.15) is 23.9 Å². The van der Waals surface area contributed by atoms with Crippen LogP contribution in [0.15, 0.2) is 85.5 Å². The third kappa shape index (κ3) is 12.9. The highest BCUT2D eigenvalue weighted by atomic mass is 35.5. The maximum absolute atomic E-state index is 13.9. The topological polar surface area (TPSA) is 225 Å². The molecule has 0 aliphatic carbocycles. The number of benzene rings is 4. The van der Waals surface area contributed by atoms with Crippen molar-refractivity contribution in [2.45, 2.75) is 96.9 Å². The van der Waals surface area contributed by atoms with Crippen molar-refractivity contribution in [1.29, 1.82) is 5.26 Å². The summed E-state index contributed by atoms with van der Waals surface area (Å²) in [7, 11) is 2.05. The van der Waals surface area contributed by atoms with Gasteiger partial charge in [0.05, 0.1) is 41.4 Å². The summed E-state index contributed by atoms with van der Waals surface area (Å²) in [6.07, 6.45) is 4.32. The number of nitrogens with one attached hydrogen (secondary N) is 2. The van der Waals surface area contributed by atoms with Gasteiger partial charge in [0.25, 0.3) is 5.91 Å². The first-order valence-electron chi connectivity index (χ1n) is 29.5. The number of aromatic hydroxyl groups is 2. The molecular formula is C63H77ClN14O6. The van der Waals surface area contributed by atoms with Gasteiger partial charge in [0.15, 0.2) is 5.82 Å². The number of nitriles is 1. The third-order valence-corrected chi connectivity index (χ3v) is 17.6. The van der Waals surface area contributed by atoms with E-state index in [0.29, 0.717) is 100 Å². The van der Waals surface area contributed by atoms with Crippen LogP contribution in [0.1, 0.15) is 92.3 Å². The largest absolute Gasteiger partial charge is 0.508 e. The molecule has 2 aromatic heterocycles. The predicted molar refractivity (Wildman–Crippen MR) is 325 cm³/mol. The maximum Gasteiger partial charge on any atom is 0.318 e. The molecule has 3 amide bonds. The average molecular weight is 1160 g/mol. The summed E-state index contributed by atoms with van der Waals surface area (Å²) in [5.74, 6) is 0.243. The van der Waals surface area contributed by atoms with Gasteiger partial charge in [0.2, 0.25) is 17.6 Å². The second-order valence-electron chi connectivity index (χ2n) is 22.9. The molecule has 4 aromatic carbocycles. The van der Waals surface area contributed by atoms with Crippen LogP contribution in [0.25, 0.3) is 27.8 Å². The third-order valence-electron chi connectivity index (χ3n) is 17.2. The molecule has 3 fully saturated rings. The van der Waals surface area contributed by atoms with E-state index in [2.05, 4.69) is 97.1 Å². The Morgan fingerprint density at radius 1 is 0.929 bits per heavy atom. The summed E-state index contributed by atoms with van der Waals surface area (Å²) >= 11 is 6.83. The van der Waals surface area contributed by atoms with Crippen LogP contribution in [0.4, 0.5) is 11.5 Å². The molecule has 0 radical (unpaired) electrons. The van der Waals surface area contributed by atoms with Gasteiger partial charge in [-0.25, -0.2) is 0 Å². The van der Waals surface area contributed by atoms with E-state index in [4.69, 9.17) is 26.3 Å². The highest BCUT2D eigenvalue weighted by Gasteiger charge is 2.37. The van der Waals surface area contributed by atoms with E-state index < -0.39 is 5.91 Å². The van der Waals surface area contributed by atoms with Crippen molar-refractivity contribution in [2.24, 2.45) is 5.92 Å². The molecule has 3 atom stereocenters. The van der Waals surface area contributed by atoms with E-state index in [1.807, 2.05) is 56.3 Å². The zero-order valence-corrected chi connectivity index (χ0v) is 49.6. The first-order chi connectivity index (χ1) is 40.6. The van der Waals surface area contributed by atoms with Gasteiger partial charge in [-0.05, 0) is 118 Å². The number of phenols is 2. The number of phenolic OH excluding ortho intramolecular Hbond substituents is 2. The van der Waals surface area contributed by atoms with E-state index in [-0.39, 0.29) is 77.4 Å². The first-order valence-corrected chi connectivity index (χ1v) is 29.9. The molecule has 4 aliphatic heterocycles. The van der Waals surface area contributed by atoms with E-state index >= 15 is 0 Å². The molecule has 10 rings (SSSR count). The molecule has 3 saturated heterocycles. The number of likely N-dealkylation sites (N-methyl/N-ethyl adjacent to an activating group) is 2. The van der Waals surface area contributed by atoms with Gasteiger partial charge >= 0.3 is 6.01 Å². The smallest absolute Gasteiger partial charge is 0.318 e. The van der Waals surface area contributed by atoms with Gasteiger partial charge in [-0.1, -0.05) is 82.3 Å². The van der Waals surface area contributed by atoms with Gasteiger partial charge in [-0.15, -0.1) is 10.2 Å². The van der Waals surface area contributed by atoms with Crippen molar-refractivity contribution in [2.75, 3.05) is 95.4 Å². The number of hydrogen-bond donors (Lipinski definition) is 4. The lowest BCUT2D eigenvalue weighted by molar-refractivity contribution is -0.128. The lowest BCUT2D eigenvalue weighted by atomic mass is 9.95. The minimum Gasteiger partial charge on any atom is -0.508 e. The molecule has 0 spiro atoms. The van der Waals surface area contributed by atoms with Crippen LogP contribution in [0, 0.1) is 17.2 Å². The number of rotatable bonds is 20. The molecular weight excluding hydrogens is 1080 g/mol. The standard InChI is InChI=1S/C63H77ClN14O6/c1-7-56(81)77-31-30-76(37-46(77)20-24-65)58-48-23-28-75(53-15-11-13-42-12-10-14-51(64)57(42)53)38-52(48)68-63(69-58)84-39-47-32-44(36-72(47)6)67-61(82)43-21-26-74(27-22-43)35-41-16-18-45(19-17-41)78-59(50-33-49(40(4)5)54(79)34-55(50)80)70-71-60(78)62(83)66-25-29-73(8-2)9-3/h7,10-19,33-34,40,43-44,46-47,79-80H,1,8-9,20-23,25-32,35-39H2,2-6H3,(H,66,83)(H,67,82)/t44-,46+,47+/m1/s1. The number of ether oxygens (including phenoxy) is 1. The zero-order valence-electron chi connectivity index (χ0n) is 48.8. The number of fused-ring (bicyclic) bond motifs is 2. The van der Waals surface area contributed by atoms with E-state index in [0.717, 1.165) is 78.1 Å². The zero-order chi connectivity index (χ0) is 59.2. The number of piperazine rings is 1. The fourth-order valence-corrected chi connectivity index (χ4v) is 12.7. The molecule has 6 heterocycles. The van der Waals surface area contributed by atoms with Crippen LogP contribution in [-0.4, -0.2) is 176 Å². The van der Waals surface area contributed by atoms with Crippen LogP contribution in [-0.2, 0) is 29.1 Å². The van der Waals surface area contributed by atoms with Gasteiger partial charge in [-0.2, -0.15) is 15.2 Å². The Balaban J connectivity index is 0.769. The minimum atomic E-state index is -0.392. The van der Waals surface area contributed by atoms with Crippen LogP contribution >= 0.6 is 11.6 Å². The Bertz CT molecular complexity index is 3410. The molecule has 20 nitrogen and oxygen atoms in total. The number of halogens is 1. The number of carbonyl (C=O) groups excluding carboxylic acids is 3. The number of carbonyl (C=O) groups is 3. The number of anilines is 2. The Kier molecular flexibility index (Phi) is 18.6. The van der Waals surface area contributed by atoms with E-state index in [9.17, 15) is 29.9 Å². The van der Waals surface area contributed by atoms with Crippen LogP contribution in [0.3, 0.4) is 0 Å². The number of piperidine rings is 1. The Labute approximate surface area is 496 Å². The normalized spacial score (nSPS) is 18.8. The van der Waals surface area contributed by atoms with Crippen LogP contribution < -0.4 is 25.2 Å². The molecule has 4 aliphatic rings. The van der Waals surface area contributed by atoms with E-state index in [1.54, 1.807) is 15.5 Å². The number of hydrogen-bond acceptors (Lipinski definition) is 16. The Morgan fingerprint density at radius 3 is 2.42 bits per heavy atom. The highest BCUT2D eigenvalue weighted by Crippen LogP contribution is 2.40. The first kappa shape index (κ1) is 59.3. The number of nitrogens with zero attached hydrogens (tertiary/aromatic N) is 12. The van der Waals surface area contributed by atoms with Crippen molar-refractivity contribution in [3.05, 3.63) is 119 Å². The summed E-state index contributed by atoms with van der Waals surface area (Å²) in [6.45, 7) is 20.4. The van der Waals surface area contributed by atoms with E-state index in [1.165, 1.54) is 12.1 Å². The lowest BCUT2D eigenvalue weighted by Crippen LogP contribution is -2.55. The highest BCUT2D eigenvalue weighted by molar-refractivity contribution is 6.36. The molecule has 0 unspecified atom stereocenters. The molecule has 4 N–H and O–H groups in total. The quantitative estimate of drug-likeness (QED) is 0.0551. The Morgan fingerprint density at radius 2 is 1.69 bits per heavy atom. The second kappa shape index (κ2) is 26.4. The second-order valence-corrected chi connectivity index (χ2v) is 23.3. The molecule has 84 heavy (non-hydrogen) atoms. The monoisotopic (exact) mass is 1160 g/mol. The molecule has 21 heteroatoms. The van der Waals surface area contributed by atoms with Crippen LogP contribution in [0.2, 0.25) is 5.02 Å². The number of amides is 3. The van der Waals surface area contributed by atoms with Crippen molar-refractivity contribution < 1.29 is 29.3 Å². The number of likely N-dealkylation sites (tertiary alicyclic amines) is 2. The molecule has 442 valence electrons. The number of aromatic nitrogens is 5. The summed E-state index contributed by atoms with van der Waals surface area (Å²) in [4.78, 5) is 63.7. The summed E-state index contributed by atoms with van der Waals surface area (Å²) in [5, 5.41) is 49.4. The van der Waals surface area contributed by atoms with Gasteiger partial charge in [-0.3, -0.25) is 28.8 Å². The van der Waals surface area contributed by atoms with Gasteiger partial charge in [0, 0.05) is 98.8 Å². The van der Waals surface area contributed by atoms with Crippen molar-refractivity contribution in [3.63, 3.8) is 0 Å². The van der Waals surface area contributed by atoms with Crippen molar-refractivity contribution >= 4 is 51.6 Å². The van der Waals surface area contributed by atoms with Crippen LogP contribution in [0.5, 0.6) is 17.5 Å². The minimum absolute atomic E-state index is 0.00457. The fourth-order valence-electron chi connectivity index (χ4n) is 12.5. The fraction of sp³-hybridized carbons (Fsp3) is 0.460. The van der Waals surface area contributed by atoms with Crippen molar-refractivity contribution in [3.8, 4) is 40.7 Å². The maximum atomic E-state index is 13.9. The SMILES string of the molecule is C=CC(=O)N1CCN(c2nc(OC[C@@H]3C[C@@H](NC(=O)C4CCN(Cc5ccc(-n6c(C(=O)NCCN(CC)CC)nnc6-c6cc(C(C)C)c(O)cc6O)cc5)CC4)CN3C)nc3c2CCN(c2cccc4cccc(Cl)c24)C3)C[C@@H]1CC#N. The molecule has 6 aromatic rings. The Hall–Kier alpha value is -7.83. The summed E-state index contributed by atoms with van der Waals surface area (Å²) in [5.41, 5.74) is 5.59. The molecule has 0 bridgehead atoms. The summed E-state index contributed by atoms with van der Waals surface area (Å²) < 4.78 is 8.21. The van der Waals surface area contributed by atoms with Gasteiger partial charge < -0.3 is 45.2 Å². The average Bonchev–Trinajstić information content (AvgIpc) is 2.37. The lowest BCUT2D eigenvalue weighted by Gasteiger charge is -2.42. The molecule has 0 saturated carbocycles.